The Balaban J connectivity index is 1.75. The molecule has 1 aliphatic rings. The average molecular weight is 301 g/mol. The molecule has 22 heavy (non-hydrogen) atoms. The fraction of sp³-hybridized carbons (Fsp3) is 0.529. The first-order valence-corrected chi connectivity index (χ1v) is 7.86. The van der Waals surface area contributed by atoms with Gasteiger partial charge < -0.3 is 14.1 Å². The molecule has 0 amide bonds. The molecule has 5 heteroatoms. The van der Waals surface area contributed by atoms with Crippen LogP contribution in [0.25, 0.3) is 11.5 Å². The summed E-state index contributed by atoms with van der Waals surface area (Å²) in [6, 6.07) is 7.72. The number of para-hydroxylation sites is 1. The summed E-state index contributed by atoms with van der Waals surface area (Å²) in [6.45, 7) is 7.74. The van der Waals surface area contributed by atoms with Gasteiger partial charge in [-0.1, -0.05) is 26.0 Å². The summed E-state index contributed by atoms with van der Waals surface area (Å²) >= 11 is 0. The quantitative estimate of drug-likeness (QED) is 0.849. The molecule has 0 bridgehead atoms. The summed E-state index contributed by atoms with van der Waals surface area (Å²) < 4.78 is 11.3. The van der Waals surface area contributed by atoms with Crippen LogP contribution in [-0.4, -0.2) is 41.8 Å². The van der Waals surface area contributed by atoms with E-state index < -0.39 is 0 Å². The molecule has 1 atom stereocenters. The molecule has 118 valence electrons. The van der Waals surface area contributed by atoms with Crippen molar-refractivity contribution in [2.45, 2.75) is 26.2 Å². The highest BCUT2D eigenvalue weighted by atomic mass is 16.5. The van der Waals surface area contributed by atoms with Gasteiger partial charge in [-0.05, 0) is 31.0 Å². The zero-order valence-corrected chi connectivity index (χ0v) is 13.5. The van der Waals surface area contributed by atoms with Gasteiger partial charge in [0.05, 0.1) is 18.6 Å². The van der Waals surface area contributed by atoms with E-state index in [0.29, 0.717) is 17.7 Å². The average Bonchev–Trinajstić information content (AvgIpc) is 3.15. The second-order valence-corrected chi connectivity index (χ2v) is 6.28. The number of hydrogen-bond acceptors (Lipinski definition) is 5. The van der Waals surface area contributed by atoms with Gasteiger partial charge in [0.1, 0.15) is 5.75 Å². The van der Waals surface area contributed by atoms with Crippen molar-refractivity contribution < 1.29 is 9.15 Å². The van der Waals surface area contributed by atoms with Gasteiger partial charge in [0, 0.05) is 13.1 Å². The van der Waals surface area contributed by atoms with Crippen molar-refractivity contribution in [3.05, 3.63) is 30.2 Å². The third-order valence-electron chi connectivity index (χ3n) is 4.02. The Morgan fingerprint density at radius 2 is 2.14 bits per heavy atom. The minimum Gasteiger partial charge on any atom is -0.496 e. The third-order valence-corrected chi connectivity index (χ3v) is 4.02. The first kappa shape index (κ1) is 15.0. The molecule has 2 aromatic rings. The predicted octanol–water partition coefficient (Wildman–Crippen LogP) is 3.19. The zero-order chi connectivity index (χ0) is 15.5. The van der Waals surface area contributed by atoms with Crippen LogP contribution < -0.4 is 4.74 Å². The fourth-order valence-corrected chi connectivity index (χ4v) is 3.05. The summed E-state index contributed by atoms with van der Waals surface area (Å²) in [5, 5.41) is 8.48. The number of hydrogen-bond donors (Lipinski definition) is 0. The first-order chi connectivity index (χ1) is 10.7. The third kappa shape index (κ3) is 3.14. The molecule has 5 nitrogen and oxygen atoms in total. The smallest absolute Gasteiger partial charge is 0.251 e. The lowest BCUT2D eigenvalue weighted by molar-refractivity contribution is 0.290. The minimum absolute atomic E-state index is 0.342. The Kier molecular flexibility index (Phi) is 4.43. The van der Waals surface area contributed by atoms with Crippen molar-refractivity contribution in [1.82, 2.24) is 15.1 Å². The molecule has 1 unspecified atom stereocenters. The van der Waals surface area contributed by atoms with Gasteiger partial charge in [0.25, 0.3) is 5.89 Å². The number of rotatable bonds is 5. The van der Waals surface area contributed by atoms with E-state index in [1.165, 1.54) is 0 Å². The second-order valence-electron chi connectivity index (χ2n) is 6.28. The van der Waals surface area contributed by atoms with Crippen LogP contribution in [0.1, 0.15) is 32.1 Å². The maximum Gasteiger partial charge on any atom is 0.251 e. The normalized spacial score (nSPS) is 19.0. The lowest BCUT2D eigenvalue weighted by Crippen LogP contribution is -2.24. The van der Waals surface area contributed by atoms with Crippen molar-refractivity contribution >= 4 is 0 Å². The molecule has 1 fully saturated rings. The van der Waals surface area contributed by atoms with Gasteiger partial charge in [0.2, 0.25) is 5.89 Å². The van der Waals surface area contributed by atoms with Crippen molar-refractivity contribution in [3.8, 4) is 17.2 Å². The molecule has 0 saturated carbocycles. The lowest BCUT2D eigenvalue weighted by atomic mass is 10.1. The van der Waals surface area contributed by atoms with Gasteiger partial charge in [0.15, 0.2) is 0 Å². The van der Waals surface area contributed by atoms with E-state index in [9.17, 15) is 0 Å². The van der Waals surface area contributed by atoms with Crippen molar-refractivity contribution in [2.24, 2.45) is 5.92 Å². The van der Waals surface area contributed by atoms with Crippen LogP contribution >= 0.6 is 0 Å². The van der Waals surface area contributed by atoms with Crippen LogP contribution in [-0.2, 0) is 0 Å². The number of nitrogens with zero attached hydrogens (tertiary/aromatic N) is 3. The molecule has 1 saturated heterocycles. The number of aromatic nitrogens is 2. The van der Waals surface area contributed by atoms with E-state index in [4.69, 9.17) is 9.15 Å². The second kappa shape index (κ2) is 6.48. The summed E-state index contributed by atoms with van der Waals surface area (Å²) in [6.07, 6.45) is 1.08. The Labute approximate surface area is 131 Å². The molecule has 0 spiro atoms. The van der Waals surface area contributed by atoms with Crippen molar-refractivity contribution in [3.63, 3.8) is 0 Å². The highest BCUT2D eigenvalue weighted by molar-refractivity contribution is 5.62. The van der Waals surface area contributed by atoms with Gasteiger partial charge >= 0.3 is 0 Å². The summed E-state index contributed by atoms with van der Waals surface area (Å²) in [4.78, 5) is 2.47. The van der Waals surface area contributed by atoms with Crippen LogP contribution in [0.4, 0.5) is 0 Å². The van der Waals surface area contributed by atoms with E-state index in [-0.39, 0.29) is 0 Å². The highest BCUT2D eigenvalue weighted by Gasteiger charge is 2.28. The molecular weight excluding hydrogens is 278 g/mol. The zero-order valence-electron chi connectivity index (χ0n) is 13.5. The molecule has 1 aromatic carbocycles. The van der Waals surface area contributed by atoms with E-state index >= 15 is 0 Å². The van der Waals surface area contributed by atoms with E-state index in [1.54, 1.807) is 7.11 Å². The molecule has 1 aliphatic heterocycles. The Morgan fingerprint density at radius 3 is 2.91 bits per heavy atom. The minimum atomic E-state index is 0.342. The molecule has 2 heterocycles. The van der Waals surface area contributed by atoms with Crippen LogP contribution in [0.5, 0.6) is 5.75 Å². The number of likely N-dealkylation sites (tertiary alicyclic amines) is 1. The summed E-state index contributed by atoms with van der Waals surface area (Å²) in [7, 11) is 1.65. The molecular formula is C17H23N3O2. The summed E-state index contributed by atoms with van der Waals surface area (Å²) in [5.41, 5.74) is 0.848. The SMILES string of the molecule is COc1ccccc1-c1nnc(C2CCN(CC(C)C)C2)o1. The number of benzene rings is 1. The molecule has 1 aromatic heterocycles. The van der Waals surface area contributed by atoms with Gasteiger partial charge in [-0.2, -0.15) is 0 Å². The highest BCUT2D eigenvalue weighted by Crippen LogP contribution is 2.32. The van der Waals surface area contributed by atoms with Crippen LogP contribution in [0.2, 0.25) is 0 Å². The van der Waals surface area contributed by atoms with E-state index in [0.717, 1.165) is 43.3 Å². The summed E-state index contributed by atoms with van der Waals surface area (Å²) in [5.74, 6) is 3.06. The Hall–Kier alpha value is -1.88. The van der Waals surface area contributed by atoms with Gasteiger partial charge in [-0.3, -0.25) is 0 Å². The molecule has 0 aliphatic carbocycles. The van der Waals surface area contributed by atoms with Crippen LogP contribution in [0.15, 0.2) is 28.7 Å². The number of methoxy groups -OCH3 is 1. The Morgan fingerprint density at radius 1 is 1.32 bits per heavy atom. The molecule has 0 N–H and O–H groups in total. The maximum atomic E-state index is 5.92. The lowest BCUT2D eigenvalue weighted by Gasteiger charge is -2.17. The molecule has 0 radical (unpaired) electrons. The Bertz CT molecular complexity index is 624. The number of ether oxygens (including phenoxy) is 1. The van der Waals surface area contributed by atoms with Gasteiger partial charge in [-0.25, -0.2) is 0 Å². The largest absolute Gasteiger partial charge is 0.496 e. The van der Waals surface area contributed by atoms with Crippen molar-refractivity contribution in [2.75, 3.05) is 26.7 Å². The standard InChI is InChI=1S/C17H23N3O2/c1-12(2)10-20-9-8-13(11-20)16-18-19-17(22-16)14-6-4-5-7-15(14)21-3/h4-7,12-13H,8-11H2,1-3H3. The van der Waals surface area contributed by atoms with Crippen molar-refractivity contribution in [1.29, 1.82) is 0 Å². The molecule has 3 rings (SSSR count). The van der Waals surface area contributed by atoms with E-state index in [1.807, 2.05) is 24.3 Å². The van der Waals surface area contributed by atoms with E-state index in [2.05, 4.69) is 28.9 Å². The van der Waals surface area contributed by atoms with Crippen LogP contribution in [0, 0.1) is 5.92 Å². The predicted molar refractivity (Wildman–Crippen MR) is 84.9 cm³/mol. The fourth-order valence-electron chi connectivity index (χ4n) is 3.05. The van der Waals surface area contributed by atoms with Crippen LogP contribution in [0.3, 0.4) is 0 Å². The maximum absolute atomic E-state index is 5.92. The van der Waals surface area contributed by atoms with Gasteiger partial charge in [-0.15, -0.1) is 10.2 Å². The topological polar surface area (TPSA) is 51.4 Å². The monoisotopic (exact) mass is 301 g/mol. The first-order valence-electron chi connectivity index (χ1n) is 7.86.